The van der Waals surface area contributed by atoms with E-state index in [4.69, 9.17) is 0 Å². The first-order valence-corrected chi connectivity index (χ1v) is 11.9. The third kappa shape index (κ3) is 4.34. The second-order valence-corrected chi connectivity index (χ2v) is 10.3. The smallest absolute Gasteiger partial charge is 0.243 e. The van der Waals surface area contributed by atoms with Gasteiger partial charge in [0.05, 0.1) is 21.7 Å². The molecule has 29 heavy (non-hydrogen) atoms. The first kappa shape index (κ1) is 20.0. The summed E-state index contributed by atoms with van der Waals surface area (Å²) in [5, 5.41) is 3.73. The average molecular weight is 430 g/mol. The van der Waals surface area contributed by atoms with Gasteiger partial charge in [0, 0.05) is 18.7 Å². The second-order valence-electron chi connectivity index (χ2n) is 7.38. The Morgan fingerprint density at radius 3 is 2.69 bits per heavy atom. The molecule has 0 bridgehead atoms. The van der Waals surface area contributed by atoms with Crippen LogP contribution in [0.15, 0.2) is 53.4 Å². The molecule has 4 rings (SSSR count). The van der Waals surface area contributed by atoms with Crippen LogP contribution in [-0.4, -0.2) is 43.1 Å². The molecule has 1 saturated heterocycles. The minimum absolute atomic E-state index is 0.0601. The van der Waals surface area contributed by atoms with Gasteiger partial charge in [-0.2, -0.15) is 4.31 Å². The number of para-hydroxylation sites is 1. The molecule has 6 nitrogen and oxygen atoms in total. The maximum Gasteiger partial charge on any atom is 0.243 e. The van der Waals surface area contributed by atoms with Gasteiger partial charge in [0.2, 0.25) is 10.0 Å². The lowest BCUT2D eigenvalue weighted by atomic mass is 10.0. The highest BCUT2D eigenvalue weighted by Crippen LogP contribution is 2.26. The fourth-order valence-electron chi connectivity index (χ4n) is 3.41. The number of aromatic nitrogens is 1. The number of carbonyl (C=O) groups is 1. The molecule has 1 N–H and O–H groups in total. The molecule has 1 aliphatic rings. The summed E-state index contributed by atoms with van der Waals surface area (Å²) in [7, 11) is -3.58. The summed E-state index contributed by atoms with van der Waals surface area (Å²) < 4.78 is 28.4. The van der Waals surface area contributed by atoms with Gasteiger partial charge in [-0.1, -0.05) is 42.5 Å². The van der Waals surface area contributed by atoms with E-state index in [0.29, 0.717) is 29.7 Å². The van der Waals surface area contributed by atoms with Crippen molar-refractivity contribution in [1.82, 2.24) is 9.29 Å². The molecule has 0 aliphatic carbocycles. The number of hydrogen-bond acceptors (Lipinski definition) is 6. The van der Waals surface area contributed by atoms with Crippen LogP contribution >= 0.6 is 11.3 Å². The predicted molar refractivity (Wildman–Crippen MR) is 116 cm³/mol. The molecule has 8 heteroatoms. The van der Waals surface area contributed by atoms with Crippen molar-refractivity contribution in [2.24, 2.45) is 5.92 Å². The molecule has 1 aliphatic heterocycles. The second kappa shape index (κ2) is 8.22. The van der Waals surface area contributed by atoms with E-state index in [2.05, 4.69) is 17.2 Å². The van der Waals surface area contributed by atoms with E-state index in [-0.39, 0.29) is 17.2 Å². The Hall–Kier alpha value is -2.29. The molecule has 0 atom stereocenters. The fraction of sp³-hybridized carbons (Fsp3) is 0.333. The predicted octanol–water partition coefficient (Wildman–Crippen LogP) is 4.01. The number of rotatable bonds is 6. The maximum atomic E-state index is 12.9. The topological polar surface area (TPSA) is 79.4 Å². The van der Waals surface area contributed by atoms with Crippen LogP contribution in [0.1, 0.15) is 30.1 Å². The van der Waals surface area contributed by atoms with Crippen molar-refractivity contribution in [3.05, 3.63) is 54.1 Å². The summed E-state index contributed by atoms with van der Waals surface area (Å²) >= 11 is 1.48. The van der Waals surface area contributed by atoms with Crippen molar-refractivity contribution in [2.75, 3.05) is 25.0 Å². The zero-order chi connectivity index (χ0) is 20.4. The Bertz CT molecular complexity index is 1100. The minimum atomic E-state index is -3.58. The normalized spacial score (nSPS) is 16.2. The van der Waals surface area contributed by atoms with Gasteiger partial charge in [-0.3, -0.25) is 4.79 Å². The molecule has 2 aromatic carbocycles. The Morgan fingerprint density at radius 1 is 1.17 bits per heavy atom. The Morgan fingerprint density at radius 2 is 1.93 bits per heavy atom. The first-order chi connectivity index (χ1) is 13.9. The van der Waals surface area contributed by atoms with Gasteiger partial charge in [0.25, 0.3) is 0 Å². The number of nitrogens with one attached hydrogen (secondary N) is 1. The third-order valence-corrected chi connectivity index (χ3v) is 8.12. The van der Waals surface area contributed by atoms with Gasteiger partial charge in [0.15, 0.2) is 10.9 Å². The number of Topliss-reactive ketones (excluding diaryl/α,β-unsaturated/α-hetero) is 1. The van der Waals surface area contributed by atoms with Gasteiger partial charge in [-0.05, 0) is 43.0 Å². The fourth-order valence-corrected chi connectivity index (χ4v) is 5.79. The molecule has 0 spiro atoms. The Labute approximate surface area is 174 Å². The summed E-state index contributed by atoms with van der Waals surface area (Å²) in [6.45, 7) is 3.26. The van der Waals surface area contributed by atoms with Gasteiger partial charge in [-0.15, -0.1) is 0 Å². The molecule has 0 unspecified atom stereocenters. The largest absolute Gasteiger partial charge is 0.354 e. The van der Waals surface area contributed by atoms with E-state index in [1.54, 1.807) is 18.2 Å². The monoisotopic (exact) mass is 429 g/mol. The van der Waals surface area contributed by atoms with Crippen LogP contribution in [0.2, 0.25) is 0 Å². The van der Waals surface area contributed by atoms with Gasteiger partial charge >= 0.3 is 0 Å². The van der Waals surface area contributed by atoms with E-state index >= 15 is 0 Å². The number of hydrogen-bond donors (Lipinski definition) is 1. The van der Waals surface area contributed by atoms with E-state index in [9.17, 15) is 13.2 Å². The molecule has 2 heterocycles. The SMILES string of the molecule is CC1CCN(S(=O)(=O)c2cccc(C(=O)CNc3nc4ccccc4s3)c2)CC1. The lowest BCUT2D eigenvalue weighted by molar-refractivity contribution is 0.101. The molecule has 0 saturated carbocycles. The summed E-state index contributed by atoms with van der Waals surface area (Å²) in [6, 6.07) is 14.1. The number of ketones is 1. The minimum Gasteiger partial charge on any atom is -0.354 e. The standard InChI is InChI=1S/C21H23N3O3S2/c1-15-9-11-24(12-10-15)29(26,27)17-6-4-5-16(13-17)19(25)14-22-21-23-18-7-2-3-8-20(18)28-21/h2-8,13,15H,9-12,14H2,1H3,(H,22,23). The van der Waals surface area contributed by atoms with Crippen molar-refractivity contribution in [2.45, 2.75) is 24.7 Å². The lowest BCUT2D eigenvalue weighted by Crippen LogP contribution is -2.37. The van der Waals surface area contributed by atoms with Crippen LogP contribution in [0.5, 0.6) is 0 Å². The van der Waals surface area contributed by atoms with Crippen molar-refractivity contribution >= 4 is 42.5 Å². The summed E-state index contributed by atoms with van der Waals surface area (Å²) in [5.74, 6) is 0.372. The van der Waals surface area contributed by atoms with Crippen molar-refractivity contribution in [1.29, 1.82) is 0 Å². The Kier molecular flexibility index (Phi) is 5.67. The van der Waals surface area contributed by atoms with E-state index in [0.717, 1.165) is 23.1 Å². The van der Waals surface area contributed by atoms with Crippen molar-refractivity contribution in [3.63, 3.8) is 0 Å². The van der Waals surface area contributed by atoms with Crippen LogP contribution in [0.3, 0.4) is 0 Å². The quantitative estimate of drug-likeness (QED) is 0.599. The average Bonchev–Trinajstić information content (AvgIpc) is 3.15. The number of thiazole rings is 1. The number of piperidine rings is 1. The third-order valence-electron chi connectivity index (χ3n) is 5.23. The lowest BCUT2D eigenvalue weighted by Gasteiger charge is -2.29. The first-order valence-electron chi connectivity index (χ1n) is 9.66. The highest BCUT2D eigenvalue weighted by Gasteiger charge is 2.28. The van der Waals surface area contributed by atoms with Crippen molar-refractivity contribution < 1.29 is 13.2 Å². The molecule has 0 amide bonds. The highest BCUT2D eigenvalue weighted by molar-refractivity contribution is 7.89. The van der Waals surface area contributed by atoms with Crippen LogP contribution in [-0.2, 0) is 10.0 Å². The highest BCUT2D eigenvalue weighted by atomic mass is 32.2. The summed E-state index contributed by atoms with van der Waals surface area (Å²) in [4.78, 5) is 17.3. The zero-order valence-corrected chi connectivity index (χ0v) is 17.8. The van der Waals surface area contributed by atoms with E-state index in [1.165, 1.54) is 21.7 Å². The summed E-state index contributed by atoms with van der Waals surface area (Å²) in [6.07, 6.45) is 1.73. The van der Waals surface area contributed by atoms with Crippen LogP contribution in [0, 0.1) is 5.92 Å². The van der Waals surface area contributed by atoms with Crippen LogP contribution < -0.4 is 5.32 Å². The molecule has 1 fully saturated rings. The van der Waals surface area contributed by atoms with Crippen LogP contribution in [0.25, 0.3) is 10.2 Å². The van der Waals surface area contributed by atoms with E-state index in [1.807, 2.05) is 24.3 Å². The van der Waals surface area contributed by atoms with Gasteiger partial charge in [0.1, 0.15) is 0 Å². The number of anilines is 1. The molecular weight excluding hydrogens is 406 g/mol. The molecule has 3 aromatic rings. The number of nitrogens with zero attached hydrogens (tertiary/aromatic N) is 2. The number of carbonyl (C=O) groups excluding carboxylic acids is 1. The van der Waals surface area contributed by atoms with Crippen LogP contribution in [0.4, 0.5) is 5.13 Å². The number of fused-ring (bicyclic) bond motifs is 1. The van der Waals surface area contributed by atoms with E-state index < -0.39 is 10.0 Å². The zero-order valence-electron chi connectivity index (χ0n) is 16.2. The number of benzene rings is 2. The summed E-state index contributed by atoms with van der Waals surface area (Å²) in [5.41, 5.74) is 1.27. The van der Waals surface area contributed by atoms with Gasteiger partial charge in [-0.25, -0.2) is 13.4 Å². The van der Waals surface area contributed by atoms with Crippen molar-refractivity contribution in [3.8, 4) is 0 Å². The Balaban J connectivity index is 1.46. The van der Waals surface area contributed by atoms with Gasteiger partial charge < -0.3 is 5.32 Å². The maximum absolute atomic E-state index is 12.9. The molecule has 1 aromatic heterocycles. The molecule has 0 radical (unpaired) electrons. The number of sulfonamides is 1. The molecular formula is C21H23N3O3S2. The molecule has 152 valence electrons.